The number of nitrogens with zero attached hydrogens (tertiary/aromatic N) is 1. The summed E-state index contributed by atoms with van der Waals surface area (Å²) in [5, 5.41) is 9.06. The van der Waals surface area contributed by atoms with Crippen LogP contribution >= 0.6 is 0 Å². The van der Waals surface area contributed by atoms with Crippen LogP contribution in [0.15, 0.2) is 0 Å². The van der Waals surface area contributed by atoms with E-state index in [1.54, 1.807) is 20.8 Å². The molecule has 0 spiro atoms. The number of hydrogen-bond acceptors (Lipinski definition) is 3. The molecule has 1 aliphatic rings. The van der Waals surface area contributed by atoms with Gasteiger partial charge in [-0.2, -0.15) is 0 Å². The lowest BCUT2D eigenvalue weighted by Gasteiger charge is -2.35. The van der Waals surface area contributed by atoms with Crippen LogP contribution in [-0.2, 0) is 9.53 Å². The van der Waals surface area contributed by atoms with Crippen LogP contribution in [-0.4, -0.2) is 40.8 Å². The number of hydrogen-bond donors (Lipinski definition) is 1. The van der Waals surface area contributed by atoms with Crippen LogP contribution in [0.3, 0.4) is 0 Å². The maximum Gasteiger partial charge on any atom is 0.410 e. The second kappa shape index (κ2) is 4.94. The Morgan fingerprint density at radius 1 is 1.35 bits per heavy atom. The average molecular weight is 243 g/mol. The van der Waals surface area contributed by atoms with E-state index in [9.17, 15) is 9.59 Å². The van der Waals surface area contributed by atoms with E-state index in [2.05, 4.69) is 0 Å². The zero-order chi connectivity index (χ0) is 13.2. The molecule has 1 fully saturated rings. The van der Waals surface area contributed by atoms with Gasteiger partial charge in [0.05, 0.1) is 5.92 Å². The zero-order valence-electron chi connectivity index (χ0n) is 10.9. The minimum atomic E-state index is -0.842. The van der Waals surface area contributed by atoms with Crippen molar-refractivity contribution in [2.45, 2.75) is 39.7 Å². The van der Waals surface area contributed by atoms with E-state index in [1.165, 1.54) is 4.90 Å². The molecule has 1 rings (SSSR count). The van der Waals surface area contributed by atoms with E-state index in [0.29, 0.717) is 13.0 Å². The summed E-state index contributed by atoms with van der Waals surface area (Å²) in [6, 6.07) is 0. The van der Waals surface area contributed by atoms with E-state index >= 15 is 0 Å². The van der Waals surface area contributed by atoms with Crippen molar-refractivity contribution < 1.29 is 19.4 Å². The van der Waals surface area contributed by atoms with Gasteiger partial charge in [0.1, 0.15) is 5.60 Å². The lowest BCUT2D eigenvalue weighted by molar-refractivity contribution is -0.145. The third kappa shape index (κ3) is 3.91. The van der Waals surface area contributed by atoms with E-state index in [1.807, 2.05) is 6.92 Å². The van der Waals surface area contributed by atoms with Crippen LogP contribution in [0.2, 0.25) is 0 Å². The monoisotopic (exact) mass is 243 g/mol. The minimum Gasteiger partial charge on any atom is -0.481 e. The molecular formula is C12H21NO4. The summed E-state index contributed by atoms with van der Waals surface area (Å²) in [6.45, 7) is 8.11. The van der Waals surface area contributed by atoms with Gasteiger partial charge in [-0.3, -0.25) is 4.79 Å². The van der Waals surface area contributed by atoms with Crippen molar-refractivity contribution in [3.63, 3.8) is 0 Å². The quantitative estimate of drug-likeness (QED) is 0.764. The molecule has 0 aromatic carbocycles. The summed E-state index contributed by atoms with van der Waals surface area (Å²) in [4.78, 5) is 24.3. The second-order valence-electron chi connectivity index (χ2n) is 5.64. The molecule has 0 radical (unpaired) electrons. The summed E-state index contributed by atoms with van der Waals surface area (Å²) in [5.41, 5.74) is -0.543. The molecule has 1 aliphatic heterocycles. The van der Waals surface area contributed by atoms with E-state index in [0.717, 1.165) is 0 Å². The number of amides is 1. The van der Waals surface area contributed by atoms with Gasteiger partial charge in [0.25, 0.3) is 0 Å². The highest BCUT2D eigenvalue weighted by atomic mass is 16.6. The molecule has 0 unspecified atom stereocenters. The van der Waals surface area contributed by atoms with Gasteiger partial charge >= 0.3 is 12.1 Å². The molecule has 17 heavy (non-hydrogen) atoms. The molecule has 0 aliphatic carbocycles. The fourth-order valence-corrected chi connectivity index (χ4v) is 1.88. The van der Waals surface area contributed by atoms with Crippen LogP contribution in [0.4, 0.5) is 4.79 Å². The van der Waals surface area contributed by atoms with Crippen LogP contribution in [0.25, 0.3) is 0 Å². The van der Waals surface area contributed by atoms with Crippen molar-refractivity contribution in [3.05, 3.63) is 0 Å². The number of carbonyl (C=O) groups is 2. The second-order valence-corrected chi connectivity index (χ2v) is 5.64. The molecule has 5 nitrogen and oxygen atoms in total. The summed E-state index contributed by atoms with van der Waals surface area (Å²) in [7, 11) is 0. The Morgan fingerprint density at radius 3 is 2.41 bits per heavy atom. The number of likely N-dealkylation sites (tertiary alicyclic amines) is 1. The third-order valence-electron chi connectivity index (χ3n) is 2.93. The number of carbonyl (C=O) groups excluding carboxylic acids is 1. The average Bonchev–Trinajstić information content (AvgIpc) is 2.14. The molecule has 1 N–H and O–H groups in total. The molecular weight excluding hydrogens is 222 g/mol. The number of carboxylic acid groups (broad SMARTS) is 1. The number of carboxylic acids is 1. The van der Waals surface area contributed by atoms with Crippen LogP contribution in [0, 0.1) is 11.8 Å². The van der Waals surface area contributed by atoms with Gasteiger partial charge in [-0.05, 0) is 33.1 Å². The first-order chi connectivity index (χ1) is 7.70. The first kappa shape index (κ1) is 13.8. The molecule has 0 aromatic heterocycles. The third-order valence-corrected chi connectivity index (χ3v) is 2.93. The van der Waals surface area contributed by atoms with E-state index in [4.69, 9.17) is 9.84 Å². The first-order valence-electron chi connectivity index (χ1n) is 5.91. The molecule has 2 atom stereocenters. The number of aliphatic carboxylic acids is 1. The predicted molar refractivity (Wildman–Crippen MR) is 62.7 cm³/mol. The van der Waals surface area contributed by atoms with Crippen molar-refractivity contribution in [2.24, 2.45) is 11.8 Å². The minimum absolute atomic E-state index is 0.103. The maximum atomic E-state index is 11.8. The Bertz CT molecular complexity index is 308. The van der Waals surface area contributed by atoms with Gasteiger partial charge in [-0.15, -0.1) is 0 Å². The SMILES string of the molecule is C[C@@H]1CCN(C(=O)OC(C)(C)C)C[C@@H]1C(=O)O. The lowest BCUT2D eigenvalue weighted by atomic mass is 9.87. The van der Waals surface area contributed by atoms with Gasteiger partial charge < -0.3 is 14.7 Å². The van der Waals surface area contributed by atoms with Gasteiger partial charge in [-0.1, -0.05) is 6.92 Å². The zero-order valence-corrected chi connectivity index (χ0v) is 10.9. The van der Waals surface area contributed by atoms with Crippen molar-refractivity contribution in [1.29, 1.82) is 0 Å². The van der Waals surface area contributed by atoms with Crippen LogP contribution in [0.5, 0.6) is 0 Å². The van der Waals surface area contributed by atoms with Crippen LogP contribution in [0.1, 0.15) is 34.1 Å². The Morgan fingerprint density at radius 2 is 1.94 bits per heavy atom. The summed E-state index contributed by atoms with van der Waals surface area (Å²) in [5.74, 6) is -1.23. The van der Waals surface area contributed by atoms with Crippen molar-refractivity contribution >= 4 is 12.1 Å². The summed E-state index contributed by atoms with van der Waals surface area (Å²) >= 11 is 0. The topological polar surface area (TPSA) is 66.8 Å². The Labute approximate surface area is 102 Å². The maximum absolute atomic E-state index is 11.8. The highest BCUT2D eigenvalue weighted by molar-refractivity contribution is 5.73. The molecule has 1 saturated heterocycles. The number of rotatable bonds is 1. The van der Waals surface area contributed by atoms with E-state index in [-0.39, 0.29) is 12.5 Å². The largest absolute Gasteiger partial charge is 0.481 e. The molecule has 0 saturated carbocycles. The fourth-order valence-electron chi connectivity index (χ4n) is 1.88. The summed E-state index contributed by atoms with van der Waals surface area (Å²) in [6.07, 6.45) is 0.284. The predicted octanol–water partition coefficient (Wildman–Crippen LogP) is 1.96. The van der Waals surface area contributed by atoms with Gasteiger partial charge in [0.15, 0.2) is 0 Å². The number of ether oxygens (including phenoxy) is 1. The van der Waals surface area contributed by atoms with Crippen molar-refractivity contribution in [2.75, 3.05) is 13.1 Å². The van der Waals surface area contributed by atoms with Gasteiger partial charge in [0.2, 0.25) is 0 Å². The first-order valence-corrected chi connectivity index (χ1v) is 5.91. The van der Waals surface area contributed by atoms with Gasteiger partial charge in [0, 0.05) is 13.1 Å². The van der Waals surface area contributed by atoms with Crippen molar-refractivity contribution in [1.82, 2.24) is 4.90 Å². The fraction of sp³-hybridized carbons (Fsp3) is 0.833. The Hall–Kier alpha value is -1.26. The smallest absolute Gasteiger partial charge is 0.410 e. The molecule has 0 bridgehead atoms. The van der Waals surface area contributed by atoms with Crippen molar-refractivity contribution in [3.8, 4) is 0 Å². The standard InChI is InChI=1S/C12H21NO4/c1-8-5-6-13(7-9(8)10(14)15)11(16)17-12(2,3)4/h8-9H,5-7H2,1-4H3,(H,14,15)/t8-,9+/m1/s1. The molecule has 1 amide bonds. The summed E-state index contributed by atoms with van der Waals surface area (Å²) < 4.78 is 5.23. The van der Waals surface area contributed by atoms with Crippen LogP contribution < -0.4 is 0 Å². The molecule has 5 heteroatoms. The Kier molecular flexibility index (Phi) is 4.01. The molecule has 98 valence electrons. The highest BCUT2D eigenvalue weighted by Crippen LogP contribution is 2.24. The normalized spacial score (nSPS) is 25.5. The molecule has 1 heterocycles. The molecule has 0 aromatic rings. The Balaban J connectivity index is 2.62. The number of piperidine rings is 1. The lowest BCUT2D eigenvalue weighted by Crippen LogP contribution is -2.47. The highest BCUT2D eigenvalue weighted by Gasteiger charge is 2.35. The van der Waals surface area contributed by atoms with Gasteiger partial charge in [-0.25, -0.2) is 4.79 Å². The van der Waals surface area contributed by atoms with E-state index < -0.39 is 23.6 Å².